The molecule has 0 spiro atoms. The number of ketones is 1. The number of rotatable bonds is 1. The molecule has 0 aromatic heterocycles. The molecule has 0 radical (unpaired) electrons. The lowest BCUT2D eigenvalue weighted by atomic mass is 9.62. The number of hydrogen-bond acceptors (Lipinski definition) is 1. The van der Waals surface area contributed by atoms with Crippen LogP contribution in [0, 0.1) is 10.8 Å². The van der Waals surface area contributed by atoms with Crippen LogP contribution in [0.5, 0.6) is 0 Å². The summed E-state index contributed by atoms with van der Waals surface area (Å²) in [4.78, 5) is 12.6. The molecule has 1 nitrogen and oxygen atoms in total. The van der Waals surface area contributed by atoms with Gasteiger partial charge in [0, 0.05) is 10.8 Å². The first-order valence-electron chi connectivity index (χ1n) is 6.62. The summed E-state index contributed by atoms with van der Waals surface area (Å²) in [5, 5.41) is 0. The Kier molecular flexibility index (Phi) is 2.39. The van der Waals surface area contributed by atoms with E-state index in [-0.39, 0.29) is 21.1 Å². The van der Waals surface area contributed by atoms with Crippen LogP contribution in [0.1, 0.15) is 39.2 Å². The van der Waals surface area contributed by atoms with Crippen LogP contribution >= 0.6 is 15.9 Å². The van der Waals surface area contributed by atoms with Gasteiger partial charge in [-0.15, -0.1) is 0 Å². The van der Waals surface area contributed by atoms with Gasteiger partial charge in [-0.25, -0.2) is 0 Å². The van der Waals surface area contributed by atoms with Gasteiger partial charge in [0.15, 0.2) is 5.78 Å². The number of alkyl halides is 1. The number of fused-ring (bicyclic) bond motifs is 2. The Balaban J connectivity index is 2.26. The first-order chi connectivity index (χ1) is 8.38. The van der Waals surface area contributed by atoms with Crippen LogP contribution in [0.4, 0.5) is 0 Å². The maximum atomic E-state index is 12.6. The lowest BCUT2D eigenvalue weighted by molar-refractivity contribution is -0.127. The summed E-state index contributed by atoms with van der Waals surface area (Å²) in [6.07, 6.45) is 2.11. The minimum Gasteiger partial charge on any atom is -0.298 e. The Morgan fingerprint density at radius 2 is 1.72 bits per heavy atom. The van der Waals surface area contributed by atoms with Crippen molar-refractivity contribution >= 4 is 21.7 Å². The van der Waals surface area contributed by atoms with E-state index in [0.717, 1.165) is 12.8 Å². The number of halogens is 1. The first kappa shape index (κ1) is 12.4. The second-order valence-electron chi connectivity index (χ2n) is 6.52. The standard InChI is InChI=1S/C16H19BrO/c1-14(2)15(3)9-10-16(14,12(17)13(15)18)11-7-5-4-6-8-11/h4-8,12H,9-10H2,1-3H3/t12-,15+,16-/m0/s1. The van der Waals surface area contributed by atoms with Crippen molar-refractivity contribution in [2.24, 2.45) is 10.8 Å². The van der Waals surface area contributed by atoms with Crippen molar-refractivity contribution in [2.45, 2.75) is 43.9 Å². The summed E-state index contributed by atoms with van der Waals surface area (Å²) in [5.41, 5.74) is 1.09. The van der Waals surface area contributed by atoms with E-state index in [4.69, 9.17) is 0 Å². The summed E-state index contributed by atoms with van der Waals surface area (Å²) in [6.45, 7) is 6.69. The number of Topliss-reactive ketones (excluding diaryl/α,β-unsaturated/α-hetero) is 1. The van der Waals surface area contributed by atoms with Gasteiger partial charge < -0.3 is 0 Å². The third kappa shape index (κ3) is 1.07. The molecular weight excluding hydrogens is 288 g/mol. The summed E-state index contributed by atoms with van der Waals surface area (Å²) in [5.74, 6) is 0.391. The van der Waals surface area contributed by atoms with Crippen LogP contribution in [0.2, 0.25) is 0 Å². The maximum Gasteiger partial charge on any atom is 0.153 e. The predicted octanol–water partition coefficient (Wildman–Crippen LogP) is 4.10. The highest BCUT2D eigenvalue weighted by molar-refractivity contribution is 9.10. The summed E-state index contributed by atoms with van der Waals surface area (Å²) >= 11 is 3.72. The second-order valence-corrected chi connectivity index (χ2v) is 7.44. The lowest BCUT2D eigenvalue weighted by Gasteiger charge is -2.41. The number of benzene rings is 1. The first-order valence-corrected chi connectivity index (χ1v) is 7.53. The molecule has 0 aliphatic heterocycles. The molecule has 1 aromatic carbocycles. The second kappa shape index (κ2) is 3.47. The molecule has 96 valence electrons. The molecule has 2 aliphatic rings. The van der Waals surface area contributed by atoms with Gasteiger partial charge in [-0.2, -0.15) is 0 Å². The minimum atomic E-state index is -0.184. The Labute approximate surface area is 117 Å². The van der Waals surface area contributed by atoms with Crippen molar-refractivity contribution in [3.8, 4) is 0 Å². The van der Waals surface area contributed by atoms with E-state index in [1.807, 2.05) is 6.07 Å². The zero-order valence-corrected chi connectivity index (χ0v) is 12.8. The SMILES string of the molecule is CC1(C)[C@]2(c3ccccc3)CC[C@]1(C)C(=O)[C@@H]2Br. The summed E-state index contributed by atoms with van der Waals surface area (Å²) < 4.78 is 0. The lowest BCUT2D eigenvalue weighted by Crippen LogP contribution is -2.41. The van der Waals surface area contributed by atoms with E-state index >= 15 is 0 Å². The van der Waals surface area contributed by atoms with Crippen molar-refractivity contribution in [1.29, 1.82) is 0 Å². The average Bonchev–Trinajstić information content (AvgIpc) is 2.63. The van der Waals surface area contributed by atoms with Crippen molar-refractivity contribution in [2.75, 3.05) is 0 Å². The van der Waals surface area contributed by atoms with E-state index in [0.29, 0.717) is 5.78 Å². The van der Waals surface area contributed by atoms with Gasteiger partial charge >= 0.3 is 0 Å². The van der Waals surface area contributed by atoms with Gasteiger partial charge in [-0.3, -0.25) is 4.79 Å². The topological polar surface area (TPSA) is 17.1 Å². The van der Waals surface area contributed by atoms with Gasteiger partial charge in [0.25, 0.3) is 0 Å². The average molecular weight is 307 g/mol. The molecule has 0 amide bonds. The van der Waals surface area contributed by atoms with Gasteiger partial charge in [0.1, 0.15) is 0 Å². The molecule has 2 bridgehead atoms. The van der Waals surface area contributed by atoms with Crippen molar-refractivity contribution in [3.05, 3.63) is 35.9 Å². The third-order valence-electron chi connectivity index (χ3n) is 6.01. The van der Waals surface area contributed by atoms with Crippen LogP contribution in [0.15, 0.2) is 30.3 Å². The van der Waals surface area contributed by atoms with E-state index in [1.165, 1.54) is 5.56 Å². The normalized spacial score (nSPS) is 41.3. The molecule has 0 heterocycles. The fourth-order valence-electron chi connectivity index (χ4n) is 4.33. The summed E-state index contributed by atoms with van der Waals surface area (Å²) in [7, 11) is 0. The molecule has 0 saturated heterocycles. The number of hydrogen-bond donors (Lipinski definition) is 0. The van der Waals surface area contributed by atoms with E-state index in [9.17, 15) is 4.79 Å². The molecule has 2 fully saturated rings. The maximum absolute atomic E-state index is 12.6. The molecule has 2 saturated carbocycles. The molecule has 2 heteroatoms. The van der Waals surface area contributed by atoms with Crippen LogP contribution in [-0.2, 0) is 10.2 Å². The van der Waals surface area contributed by atoms with Gasteiger partial charge in [0.05, 0.1) is 4.83 Å². The Morgan fingerprint density at radius 3 is 2.22 bits per heavy atom. The van der Waals surface area contributed by atoms with Crippen molar-refractivity contribution < 1.29 is 4.79 Å². The molecule has 18 heavy (non-hydrogen) atoms. The minimum absolute atomic E-state index is 0.00655. The van der Waals surface area contributed by atoms with Gasteiger partial charge in [0.2, 0.25) is 0 Å². The molecule has 2 aliphatic carbocycles. The predicted molar refractivity (Wildman–Crippen MR) is 77.0 cm³/mol. The van der Waals surface area contributed by atoms with Crippen LogP contribution in [0.3, 0.4) is 0 Å². The van der Waals surface area contributed by atoms with Crippen LogP contribution in [-0.4, -0.2) is 10.6 Å². The molecular formula is C16H19BrO. The monoisotopic (exact) mass is 306 g/mol. The third-order valence-corrected chi connectivity index (χ3v) is 7.21. The Hall–Kier alpha value is -0.630. The molecule has 3 atom stereocenters. The number of carbonyl (C=O) groups is 1. The fourth-order valence-corrected chi connectivity index (χ4v) is 5.90. The van der Waals surface area contributed by atoms with Crippen molar-refractivity contribution in [1.82, 2.24) is 0 Å². The quantitative estimate of drug-likeness (QED) is 0.714. The zero-order chi connectivity index (χ0) is 13.2. The van der Waals surface area contributed by atoms with Gasteiger partial charge in [-0.05, 0) is 23.8 Å². The van der Waals surface area contributed by atoms with E-state index in [2.05, 4.69) is 61.0 Å². The van der Waals surface area contributed by atoms with E-state index < -0.39 is 0 Å². The highest BCUT2D eigenvalue weighted by Crippen LogP contribution is 2.72. The Morgan fingerprint density at radius 1 is 1.11 bits per heavy atom. The summed E-state index contributed by atoms with van der Waals surface area (Å²) in [6, 6.07) is 10.6. The van der Waals surface area contributed by atoms with Gasteiger partial charge in [-0.1, -0.05) is 67.0 Å². The van der Waals surface area contributed by atoms with Crippen LogP contribution < -0.4 is 0 Å². The fraction of sp³-hybridized carbons (Fsp3) is 0.562. The largest absolute Gasteiger partial charge is 0.298 e. The zero-order valence-electron chi connectivity index (χ0n) is 11.2. The molecule has 0 N–H and O–H groups in total. The van der Waals surface area contributed by atoms with E-state index in [1.54, 1.807) is 0 Å². The number of carbonyl (C=O) groups excluding carboxylic acids is 1. The van der Waals surface area contributed by atoms with Crippen molar-refractivity contribution in [3.63, 3.8) is 0 Å². The van der Waals surface area contributed by atoms with Crippen LogP contribution in [0.25, 0.3) is 0 Å². The molecule has 3 rings (SSSR count). The highest BCUT2D eigenvalue weighted by Gasteiger charge is 2.74. The Bertz CT molecular complexity index is 507. The molecule has 1 aromatic rings. The smallest absolute Gasteiger partial charge is 0.153 e. The highest BCUT2D eigenvalue weighted by atomic mass is 79.9. The molecule has 0 unspecified atom stereocenters.